The third-order valence-electron chi connectivity index (χ3n) is 12.5. The van der Waals surface area contributed by atoms with Gasteiger partial charge in [0.05, 0.1) is 38.0 Å². The summed E-state index contributed by atoms with van der Waals surface area (Å²) < 4.78 is 5.72. The standard InChI is InChI=1S/C58H36N4S/c1-4-14-37(15-5-1)38-24-26-40(27-25-38)56-57-50(36-55(63-57)39-16-6-2-7-17-39)59-58(60-56)62-53-31-29-44(34-48(53)49-32-41-18-10-11-19-42(41)35-54(49)62)43-28-30-52-47(33-43)46-22-12-13-23-51(46)61(52)45-20-8-3-9-21-45/h1-36H. The highest BCUT2D eigenvalue weighted by Gasteiger charge is 2.21. The van der Waals surface area contributed by atoms with Gasteiger partial charge in [-0.25, -0.2) is 9.97 Å². The van der Waals surface area contributed by atoms with Crippen LogP contribution in [0.3, 0.4) is 0 Å². The molecule has 0 aliphatic carbocycles. The fourth-order valence-electron chi connectivity index (χ4n) is 9.52. The molecule has 294 valence electrons. The smallest absolute Gasteiger partial charge is 0.235 e. The maximum Gasteiger partial charge on any atom is 0.235 e. The summed E-state index contributed by atoms with van der Waals surface area (Å²) >= 11 is 1.75. The normalized spacial score (nSPS) is 11.8. The predicted octanol–water partition coefficient (Wildman–Crippen LogP) is 15.7. The molecule has 0 aliphatic heterocycles. The Morgan fingerprint density at radius 1 is 0.333 bits per heavy atom. The summed E-state index contributed by atoms with van der Waals surface area (Å²) in [6.45, 7) is 0. The molecule has 63 heavy (non-hydrogen) atoms. The van der Waals surface area contributed by atoms with Gasteiger partial charge < -0.3 is 4.57 Å². The maximum absolute atomic E-state index is 5.53. The van der Waals surface area contributed by atoms with E-state index < -0.39 is 0 Å². The average Bonchev–Trinajstić information content (AvgIpc) is 4.03. The molecule has 4 heterocycles. The molecule has 0 saturated carbocycles. The monoisotopic (exact) mass is 820 g/mol. The summed E-state index contributed by atoms with van der Waals surface area (Å²) in [6, 6.07) is 78.6. The lowest BCUT2D eigenvalue weighted by molar-refractivity contribution is 1.02. The second-order valence-electron chi connectivity index (χ2n) is 16.2. The Bertz CT molecular complexity index is 3880. The number of nitrogens with zero attached hydrogens (tertiary/aromatic N) is 4. The van der Waals surface area contributed by atoms with Crippen molar-refractivity contribution in [3.8, 4) is 55.6 Å². The van der Waals surface area contributed by atoms with Crippen LogP contribution in [0.15, 0.2) is 218 Å². The molecule has 4 nitrogen and oxygen atoms in total. The summed E-state index contributed by atoms with van der Waals surface area (Å²) in [6.07, 6.45) is 0. The van der Waals surface area contributed by atoms with E-state index >= 15 is 0 Å². The first-order chi connectivity index (χ1) is 31.2. The number of aromatic nitrogens is 4. The molecule has 0 bridgehead atoms. The minimum atomic E-state index is 0.653. The lowest BCUT2D eigenvalue weighted by Crippen LogP contribution is -2.02. The molecule has 13 aromatic rings. The summed E-state index contributed by atoms with van der Waals surface area (Å²) in [7, 11) is 0. The van der Waals surface area contributed by atoms with Crippen LogP contribution >= 0.6 is 11.3 Å². The van der Waals surface area contributed by atoms with E-state index in [1.807, 2.05) is 0 Å². The topological polar surface area (TPSA) is 35.6 Å². The lowest BCUT2D eigenvalue weighted by Gasteiger charge is -2.11. The molecule has 0 radical (unpaired) electrons. The second kappa shape index (κ2) is 14.2. The number of benzene rings is 9. The van der Waals surface area contributed by atoms with Crippen LogP contribution < -0.4 is 0 Å². The molecule has 0 saturated heterocycles. The van der Waals surface area contributed by atoms with Crippen LogP contribution in [0.2, 0.25) is 0 Å². The quantitative estimate of drug-likeness (QED) is 0.167. The van der Waals surface area contributed by atoms with Gasteiger partial charge in [0.2, 0.25) is 5.95 Å². The molecule has 0 amide bonds. The largest absolute Gasteiger partial charge is 0.309 e. The fraction of sp³-hybridized carbons (Fsp3) is 0. The molecular formula is C58H36N4S. The first-order valence-electron chi connectivity index (χ1n) is 21.3. The summed E-state index contributed by atoms with van der Waals surface area (Å²) in [4.78, 5) is 12.1. The van der Waals surface area contributed by atoms with Crippen molar-refractivity contribution in [1.29, 1.82) is 0 Å². The van der Waals surface area contributed by atoms with Crippen molar-refractivity contribution in [2.45, 2.75) is 0 Å². The zero-order valence-electron chi connectivity index (χ0n) is 34.0. The van der Waals surface area contributed by atoms with Gasteiger partial charge >= 0.3 is 0 Å². The fourth-order valence-corrected chi connectivity index (χ4v) is 10.6. The van der Waals surface area contributed by atoms with Crippen LogP contribution in [0.4, 0.5) is 0 Å². The van der Waals surface area contributed by atoms with E-state index in [1.54, 1.807) is 11.3 Å². The van der Waals surface area contributed by atoms with E-state index in [2.05, 4.69) is 228 Å². The molecule has 0 N–H and O–H groups in total. The van der Waals surface area contributed by atoms with Crippen molar-refractivity contribution >= 4 is 75.9 Å². The van der Waals surface area contributed by atoms with E-state index in [1.165, 1.54) is 65.1 Å². The zero-order valence-corrected chi connectivity index (χ0v) is 34.8. The molecule has 0 unspecified atom stereocenters. The van der Waals surface area contributed by atoms with E-state index in [0.717, 1.165) is 49.1 Å². The maximum atomic E-state index is 5.53. The summed E-state index contributed by atoms with van der Waals surface area (Å²) in [5.74, 6) is 0.653. The molecule has 13 rings (SSSR count). The van der Waals surface area contributed by atoms with Crippen molar-refractivity contribution < 1.29 is 0 Å². The van der Waals surface area contributed by atoms with Crippen LogP contribution in [-0.2, 0) is 0 Å². The molecule has 0 atom stereocenters. The number of hydrogen-bond acceptors (Lipinski definition) is 3. The molecule has 0 fully saturated rings. The van der Waals surface area contributed by atoms with Crippen LogP contribution in [0.1, 0.15) is 0 Å². The van der Waals surface area contributed by atoms with Crippen molar-refractivity contribution in [3.63, 3.8) is 0 Å². The minimum Gasteiger partial charge on any atom is -0.309 e. The van der Waals surface area contributed by atoms with Crippen LogP contribution in [0.5, 0.6) is 0 Å². The third kappa shape index (κ3) is 5.82. The Balaban J connectivity index is 1.03. The molecular weight excluding hydrogens is 785 g/mol. The van der Waals surface area contributed by atoms with E-state index in [9.17, 15) is 0 Å². The van der Waals surface area contributed by atoms with Crippen molar-refractivity contribution in [2.75, 3.05) is 0 Å². The summed E-state index contributed by atoms with van der Waals surface area (Å²) in [5, 5.41) is 7.18. The van der Waals surface area contributed by atoms with Crippen molar-refractivity contribution in [2.24, 2.45) is 0 Å². The molecule has 9 aromatic carbocycles. The summed E-state index contributed by atoms with van der Waals surface area (Å²) in [5.41, 5.74) is 14.5. The number of thiophene rings is 1. The SMILES string of the molecule is c1ccc(-c2ccc(-c3nc(-n4c5ccc(-c6ccc7c(c6)c6ccccc6n7-c6ccccc6)cc5c5cc6ccccc6cc54)nc4cc(-c5ccccc5)sc34)cc2)cc1. The van der Waals surface area contributed by atoms with Crippen LogP contribution in [0.25, 0.3) is 120 Å². The second-order valence-corrected chi connectivity index (χ2v) is 17.3. The first kappa shape index (κ1) is 35.6. The van der Waals surface area contributed by atoms with Crippen LogP contribution in [-0.4, -0.2) is 19.1 Å². The van der Waals surface area contributed by atoms with Gasteiger partial charge in [-0.3, -0.25) is 4.57 Å². The lowest BCUT2D eigenvalue weighted by atomic mass is 10.00. The number of para-hydroxylation sites is 2. The molecule has 4 aromatic heterocycles. The van der Waals surface area contributed by atoms with Crippen molar-refractivity contribution in [3.05, 3.63) is 218 Å². The molecule has 0 aliphatic rings. The van der Waals surface area contributed by atoms with Gasteiger partial charge in [-0.05, 0) is 99.3 Å². The van der Waals surface area contributed by atoms with Gasteiger partial charge in [-0.1, -0.05) is 158 Å². The Morgan fingerprint density at radius 2 is 0.857 bits per heavy atom. The van der Waals surface area contributed by atoms with Gasteiger partial charge in [0.25, 0.3) is 0 Å². The molecule has 0 spiro atoms. The Hall–Kier alpha value is -8.12. The van der Waals surface area contributed by atoms with Crippen LogP contribution in [0, 0.1) is 0 Å². The van der Waals surface area contributed by atoms with Gasteiger partial charge in [0, 0.05) is 37.7 Å². The van der Waals surface area contributed by atoms with E-state index in [4.69, 9.17) is 9.97 Å². The zero-order chi connectivity index (χ0) is 41.4. The highest BCUT2D eigenvalue weighted by molar-refractivity contribution is 7.22. The number of fused-ring (bicyclic) bond motifs is 8. The van der Waals surface area contributed by atoms with E-state index in [-0.39, 0.29) is 0 Å². The Labute approximate surface area is 367 Å². The average molecular weight is 821 g/mol. The highest BCUT2D eigenvalue weighted by Crippen LogP contribution is 2.42. The Kier molecular flexibility index (Phi) is 8.05. The minimum absolute atomic E-state index is 0.653. The number of rotatable bonds is 6. The highest BCUT2D eigenvalue weighted by atomic mass is 32.1. The molecule has 5 heteroatoms. The number of hydrogen-bond donors (Lipinski definition) is 0. The third-order valence-corrected chi connectivity index (χ3v) is 13.7. The first-order valence-corrected chi connectivity index (χ1v) is 22.1. The van der Waals surface area contributed by atoms with Gasteiger partial charge in [0.15, 0.2) is 0 Å². The van der Waals surface area contributed by atoms with Crippen molar-refractivity contribution in [1.82, 2.24) is 19.1 Å². The van der Waals surface area contributed by atoms with Gasteiger partial charge in [-0.2, -0.15) is 0 Å². The predicted molar refractivity (Wildman–Crippen MR) is 265 cm³/mol. The Morgan fingerprint density at radius 3 is 1.59 bits per heavy atom. The van der Waals surface area contributed by atoms with Gasteiger partial charge in [0.1, 0.15) is 0 Å². The van der Waals surface area contributed by atoms with Gasteiger partial charge in [-0.15, -0.1) is 11.3 Å². The van der Waals surface area contributed by atoms with E-state index in [0.29, 0.717) is 5.95 Å².